The molecular formula is C21H25N3O3. The maximum absolute atomic E-state index is 12.6. The van der Waals surface area contributed by atoms with Crippen molar-refractivity contribution in [2.75, 3.05) is 26.2 Å². The highest BCUT2D eigenvalue weighted by molar-refractivity contribution is 5.78. The second kappa shape index (κ2) is 8.31. The van der Waals surface area contributed by atoms with Gasteiger partial charge in [0.15, 0.2) is 0 Å². The largest absolute Gasteiger partial charge is 0.340 e. The molecule has 1 aliphatic rings. The van der Waals surface area contributed by atoms with Crippen LogP contribution in [0.3, 0.4) is 0 Å². The van der Waals surface area contributed by atoms with E-state index in [4.69, 9.17) is 0 Å². The van der Waals surface area contributed by atoms with E-state index < -0.39 is 0 Å². The Bertz CT molecular complexity index is 812. The molecule has 3 rings (SSSR count). The van der Waals surface area contributed by atoms with Crippen LogP contribution in [0, 0.1) is 17.0 Å². The third kappa shape index (κ3) is 4.71. The first-order valence-corrected chi connectivity index (χ1v) is 9.26. The Hall–Kier alpha value is -2.73. The van der Waals surface area contributed by atoms with E-state index >= 15 is 0 Å². The van der Waals surface area contributed by atoms with Crippen molar-refractivity contribution in [2.24, 2.45) is 0 Å². The molecule has 6 heteroatoms. The Labute approximate surface area is 159 Å². The monoisotopic (exact) mass is 367 g/mol. The Morgan fingerprint density at radius 2 is 1.78 bits per heavy atom. The van der Waals surface area contributed by atoms with Gasteiger partial charge in [-0.3, -0.25) is 19.8 Å². The standard InChI is InChI=1S/C21H25N3O3/c1-16-6-8-18(9-7-16)14-21(25)23-12-10-22(11-13-23)17(2)19-4-3-5-20(15-19)24(26)27/h3-9,15,17H,10-14H2,1-2H3. The van der Waals surface area contributed by atoms with E-state index in [-0.39, 0.29) is 22.6 Å². The molecule has 1 aliphatic heterocycles. The van der Waals surface area contributed by atoms with E-state index in [0.29, 0.717) is 19.5 Å². The van der Waals surface area contributed by atoms with Crippen LogP contribution in [0.5, 0.6) is 0 Å². The average Bonchev–Trinajstić information content (AvgIpc) is 2.69. The number of carbonyl (C=O) groups is 1. The number of hydrogen-bond acceptors (Lipinski definition) is 4. The van der Waals surface area contributed by atoms with Gasteiger partial charge in [-0.15, -0.1) is 0 Å². The lowest BCUT2D eigenvalue weighted by Gasteiger charge is -2.38. The van der Waals surface area contributed by atoms with Gasteiger partial charge in [-0.05, 0) is 25.0 Å². The van der Waals surface area contributed by atoms with Crippen molar-refractivity contribution in [1.82, 2.24) is 9.80 Å². The number of nitrogens with zero attached hydrogens (tertiary/aromatic N) is 3. The number of aryl methyl sites for hydroxylation is 1. The minimum atomic E-state index is -0.363. The Kier molecular flexibility index (Phi) is 5.86. The lowest BCUT2D eigenvalue weighted by molar-refractivity contribution is -0.385. The van der Waals surface area contributed by atoms with E-state index in [2.05, 4.69) is 11.8 Å². The van der Waals surface area contributed by atoms with Crippen LogP contribution in [0.15, 0.2) is 48.5 Å². The lowest BCUT2D eigenvalue weighted by atomic mass is 10.0. The average molecular weight is 367 g/mol. The fourth-order valence-corrected chi connectivity index (χ4v) is 3.46. The van der Waals surface area contributed by atoms with Gasteiger partial charge in [-0.25, -0.2) is 0 Å². The predicted octanol–water partition coefficient (Wildman–Crippen LogP) is 3.35. The molecule has 0 spiro atoms. The van der Waals surface area contributed by atoms with E-state index in [0.717, 1.165) is 24.2 Å². The van der Waals surface area contributed by atoms with Crippen molar-refractivity contribution in [3.05, 3.63) is 75.3 Å². The van der Waals surface area contributed by atoms with Crippen molar-refractivity contribution in [1.29, 1.82) is 0 Å². The summed E-state index contributed by atoms with van der Waals surface area (Å²) in [4.78, 5) is 27.4. The van der Waals surface area contributed by atoms with Crippen molar-refractivity contribution >= 4 is 11.6 Å². The normalized spacial score (nSPS) is 16.1. The molecule has 1 saturated heterocycles. The number of hydrogen-bond donors (Lipinski definition) is 0. The summed E-state index contributed by atoms with van der Waals surface area (Å²) in [6, 6.07) is 15.0. The Morgan fingerprint density at radius 1 is 1.11 bits per heavy atom. The molecule has 1 unspecified atom stereocenters. The van der Waals surface area contributed by atoms with E-state index in [1.807, 2.05) is 42.2 Å². The number of nitro benzene ring substituents is 1. The van der Waals surface area contributed by atoms with Gasteiger partial charge < -0.3 is 4.90 Å². The molecule has 2 aromatic carbocycles. The summed E-state index contributed by atoms with van der Waals surface area (Å²) < 4.78 is 0. The molecule has 0 aromatic heterocycles. The van der Waals surface area contributed by atoms with Crippen LogP contribution in [0.4, 0.5) is 5.69 Å². The highest BCUT2D eigenvalue weighted by Gasteiger charge is 2.25. The van der Waals surface area contributed by atoms with Crippen molar-refractivity contribution in [2.45, 2.75) is 26.3 Å². The van der Waals surface area contributed by atoms with Crippen LogP contribution >= 0.6 is 0 Å². The summed E-state index contributed by atoms with van der Waals surface area (Å²) >= 11 is 0. The highest BCUT2D eigenvalue weighted by Crippen LogP contribution is 2.25. The van der Waals surface area contributed by atoms with Crippen molar-refractivity contribution < 1.29 is 9.72 Å². The second-order valence-corrected chi connectivity index (χ2v) is 7.11. The summed E-state index contributed by atoms with van der Waals surface area (Å²) in [5.41, 5.74) is 3.28. The quantitative estimate of drug-likeness (QED) is 0.600. The molecule has 1 fully saturated rings. The predicted molar refractivity (Wildman–Crippen MR) is 105 cm³/mol. The third-order valence-electron chi connectivity index (χ3n) is 5.25. The van der Waals surface area contributed by atoms with Gasteiger partial charge >= 0.3 is 0 Å². The summed E-state index contributed by atoms with van der Waals surface area (Å²) in [7, 11) is 0. The number of benzene rings is 2. The summed E-state index contributed by atoms with van der Waals surface area (Å²) in [6.45, 7) is 7.00. The van der Waals surface area contributed by atoms with Crippen molar-refractivity contribution in [3.63, 3.8) is 0 Å². The number of amides is 1. The molecule has 1 atom stereocenters. The van der Waals surface area contributed by atoms with Crippen LogP contribution in [-0.2, 0) is 11.2 Å². The van der Waals surface area contributed by atoms with Gasteiger partial charge in [0.25, 0.3) is 5.69 Å². The zero-order chi connectivity index (χ0) is 19.4. The maximum atomic E-state index is 12.6. The first-order valence-electron chi connectivity index (χ1n) is 9.26. The molecule has 0 aliphatic carbocycles. The first kappa shape index (κ1) is 19.0. The van der Waals surface area contributed by atoms with E-state index in [9.17, 15) is 14.9 Å². The van der Waals surface area contributed by atoms with Gasteiger partial charge in [0.05, 0.1) is 11.3 Å². The van der Waals surface area contributed by atoms with Crippen LogP contribution in [0.2, 0.25) is 0 Å². The fourth-order valence-electron chi connectivity index (χ4n) is 3.46. The second-order valence-electron chi connectivity index (χ2n) is 7.11. The summed E-state index contributed by atoms with van der Waals surface area (Å²) in [6.07, 6.45) is 0.431. The molecule has 1 amide bonds. The fraction of sp³-hybridized carbons (Fsp3) is 0.381. The number of nitro groups is 1. The molecule has 0 N–H and O–H groups in total. The lowest BCUT2D eigenvalue weighted by Crippen LogP contribution is -2.49. The van der Waals surface area contributed by atoms with Gasteiger partial charge in [0.1, 0.15) is 0 Å². The molecule has 1 heterocycles. The van der Waals surface area contributed by atoms with Gasteiger partial charge in [-0.2, -0.15) is 0 Å². The smallest absolute Gasteiger partial charge is 0.269 e. The number of carbonyl (C=O) groups excluding carboxylic acids is 1. The van der Waals surface area contributed by atoms with E-state index in [1.54, 1.807) is 12.1 Å². The third-order valence-corrected chi connectivity index (χ3v) is 5.25. The van der Waals surface area contributed by atoms with Crippen LogP contribution in [0.1, 0.15) is 29.7 Å². The Balaban J connectivity index is 1.56. The van der Waals surface area contributed by atoms with Gasteiger partial charge in [0, 0.05) is 44.4 Å². The van der Waals surface area contributed by atoms with Crippen LogP contribution in [0.25, 0.3) is 0 Å². The summed E-state index contributed by atoms with van der Waals surface area (Å²) in [5, 5.41) is 11.0. The molecular weight excluding hydrogens is 342 g/mol. The molecule has 2 aromatic rings. The zero-order valence-corrected chi connectivity index (χ0v) is 15.8. The maximum Gasteiger partial charge on any atom is 0.269 e. The first-order chi connectivity index (χ1) is 12.9. The van der Waals surface area contributed by atoms with Crippen molar-refractivity contribution in [3.8, 4) is 0 Å². The highest BCUT2D eigenvalue weighted by atomic mass is 16.6. The minimum Gasteiger partial charge on any atom is -0.340 e. The Morgan fingerprint density at radius 3 is 2.41 bits per heavy atom. The minimum absolute atomic E-state index is 0.0826. The molecule has 0 radical (unpaired) electrons. The van der Waals surface area contributed by atoms with E-state index in [1.165, 1.54) is 11.6 Å². The molecule has 142 valence electrons. The number of piperazine rings is 1. The van der Waals surface area contributed by atoms with Gasteiger partial charge in [0.2, 0.25) is 5.91 Å². The SMILES string of the molecule is Cc1ccc(CC(=O)N2CCN(C(C)c3cccc([N+](=O)[O-])c3)CC2)cc1. The van der Waals surface area contributed by atoms with Gasteiger partial charge in [-0.1, -0.05) is 42.0 Å². The molecule has 6 nitrogen and oxygen atoms in total. The molecule has 0 bridgehead atoms. The number of non-ortho nitro benzene ring substituents is 1. The molecule has 27 heavy (non-hydrogen) atoms. The topological polar surface area (TPSA) is 66.7 Å². The zero-order valence-electron chi connectivity index (χ0n) is 15.8. The van der Waals surface area contributed by atoms with Crippen LogP contribution < -0.4 is 0 Å². The summed E-state index contributed by atoms with van der Waals surface area (Å²) in [5.74, 6) is 0.154. The number of rotatable bonds is 5. The van der Waals surface area contributed by atoms with Crippen LogP contribution in [-0.4, -0.2) is 46.8 Å². The molecule has 0 saturated carbocycles.